The number of rotatable bonds is 2. The molecule has 0 atom stereocenters. The summed E-state index contributed by atoms with van der Waals surface area (Å²) in [6.45, 7) is 2.90. The van der Waals surface area contributed by atoms with Gasteiger partial charge in [0.05, 0.1) is 22.9 Å². The van der Waals surface area contributed by atoms with Gasteiger partial charge in [0.2, 0.25) is 0 Å². The minimum Gasteiger partial charge on any atom is -0.272 e. The summed E-state index contributed by atoms with van der Waals surface area (Å²) in [5, 5.41) is 4.73. The number of halogens is 1. The van der Waals surface area contributed by atoms with Gasteiger partial charge in [0, 0.05) is 18.3 Å². The highest BCUT2D eigenvalue weighted by Gasteiger charge is 2.05. The molecule has 90 valence electrons. The van der Waals surface area contributed by atoms with Gasteiger partial charge in [0.1, 0.15) is 5.15 Å². The molecule has 0 aromatic carbocycles. The lowest BCUT2D eigenvalue weighted by Gasteiger charge is -2.00. The molecule has 0 spiro atoms. The molecule has 3 rings (SSSR count). The van der Waals surface area contributed by atoms with E-state index in [0.717, 1.165) is 28.8 Å². The summed E-state index contributed by atoms with van der Waals surface area (Å²) in [5.74, 6) is 0. The van der Waals surface area contributed by atoms with Crippen LogP contribution in [0.25, 0.3) is 22.3 Å². The molecule has 0 saturated carbocycles. The summed E-state index contributed by atoms with van der Waals surface area (Å²) in [4.78, 5) is 8.77. The van der Waals surface area contributed by atoms with Crippen molar-refractivity contribution in [3.63, 3.8) is 0 Å². The molecule has 0 radical (unpaired) electrons. The third-order valence-corrected chi connectivity index (χ3v) is 2.97. The predicted molar refractivity (Wildman–Crippen MR) is 71.4 cm³/mol. The van der Waals surface area contributed by atoms with E-state index in [4.69, 9.17) is 11.6 Å². The van der Waals surface area contributed by atoms with Crippen molar-refractivity contribution < 1.29 is 0 Å². The highest BCUT2D eigenvalue weighted by atomic mass is 35.5. The van der Waals surface area contributed by atoms with Crippen molar-refractivity contribution in [1.82, 2.24) is 19.7 Å². The zero-order valence-electron chi connectivity index (χ0n) is 9.84. The molecule has 0 aliphatic rings. The Bertz CT molecular complexity index is 705. The van der Waals surface area contributed by atoms with E-state index in [0.29, 0.717) is 5.15 Å². The van der Waals surface area contributed by atoms with Crippen LogP contribution in [0.4, 0.5) is 0 Å². The zero-order chi connectivity index (χ0) is 12.5. The second-order valence-electron chi connectivity index (χ2n) is 3.95. The summed E-state index contributed by atoms with van der Waals surface area (Å²) in [5.41, 5.74) is 3.54. The summed E-state index contributed by atoms with van der Waals surface area (Å²) in [7, 11) is 0. The molecular formula is C13H11ClN4. The summed E-state index contributed by atoms with van der Waals surface area (Å²) in [6.07, 6.45) is 3.80. The topological polar surface area (TPSA) is 43.6 Å². The van der Waals surface area contributed by atoms with E-state index in [1.165, 1.54) is 0 Å². The maximum atomic E-state index is 5.85. The van der Waals surface area contributed by atoms with Crippen molar-refractivity contribution >= 4 is 22.6 Å². The Morgan fingerprint density at radius 2 is 1.89 bits per heavy atom. The Hall–Kier alpha value is -1.94. The molecule has 0 fully saturated rings. The minimum atomic E-state index is 0.482. The average molecular weight is 259 g/mol. The van der Waals surface area contributed by atoms with Crippen molar-refractivity contribution in [2.75, 3.05) is 0 Å². The molecule has 4 nitrogen and oxygen atoms in total. The molecule has 0 aliphatic carbocycles. The molecule has 5 heteroatoms. The fourth-order valence-corrected chi connectivity index (χ4v) is 1.97. The van der Waals surface area contributed by atoms with Crippen molar-refractivity contribution in [1.29, 1.82) is 0 Å². The van der Waals surface area contributed by atoms with Gasteiger partial charge in [-0.3, -0.25) is 4.68 Å². The van der Waals surface area contributed by atoms with E-state index < -0.39 is 0 Å². The van der Waals surface area contributed by atoms with Gasteiger partial charge in [0.25, 0.3) is 0 Å². The number of fused-ring (bicyclic) bond motifs is 1. The minimum absolute atomic E-state index is 0.482. The third-order valence-electron chi connectivity index (χ3n) is 2.76. The highest BCUT2D eigenvalue weighted by molar-refractivity contribution is 6.29. The number of nitrogens with zero attached hydrogens (tertiary/aromatic N) is 4. The van der Waals surface area contributed by atoms with Gasteiger partial charge in [-0.25, -0.2) is 9.97 Å². The van der Waals surface area contributed by atoms with Gasteiger partial charge >= 0.3 is 0 Å². The first-order valence-electron chi connectivity index (χ1n) is 5.72. The smallest absolute Gasteiger partial charge is 0.129 e. The van der Waals surface area contributed by atoms with Crippen molar-refractivity contribution in [3.05, 3.63) is 41.8 Å². The van der Waals surface area contributed by atoms with Crippen LogP contribution in [-0.4, -0.2) is 19.7 Å². The number of hydrogen-bond donors (Lipinski definition) is 0. The maximum Gasteiger partial charge on any atom is 0.129 e. The second-order valence-corrected chi connectivity index (χ2v) is 4.34. The van der Waals surface area contributed by atoms with Crippen LogP contribution in [0.15, 0.2) is 36.7 Å². The van der Waals surface area contributed by atoms with Crippen LogP contribution in [0.2, 0.25) is 5.15 Å². The summed E-state index contributed by atoms with van der Waals surface area (Å²) in [6, 6.07) is 7.48. The van der Waals surface area contributed by atoms with Gasteiger partial charge in [-0.1, -0.05) is 11.6 Å². The van der Waals surface area contributed by atoms with Gasteiger partial charge in [-0.15, -0.1) is 0 Å². The lowest BCUT2D eigenvalue weighted by atomic mass is 10.2. The fraction of sp³-hybridized carbons (Fsp3) is 0.154. The molecule has 0 bridgehead atoms. The van der Waals surface area contributed by atoms with E-state index >= 15 is 0 Å². The molecule has 0 amide bonds. The number of aromatic nitrogens is 4. The molecular weight excluding hydrogens is 248 g/mol. The van der Waals surface area contributed by atoms with E-state index in [1.54, 1.807) is 6.07 Å². The van der Waals surface area contributed by atoms with Crippen LogP contribution in [0.5, 0.6) is 0 Å². The number of aryl methyl sites for hydroxylation is 1. The first-order chi connectivity index (χ1) is 8.76. The Morgan fingerprint density at radius 1 is 1.11 bits per heavy atom. The number of hydrogen-bond acceptors (Lipinski definition) is 3. The van der Waals surface area contributed by atoms with Crippen LogP contribution in [0, 0.1) is 0 Å². The Labute approximate surface area is 109 Å². The molecule has 3 aromatic rings. The molecule has 0 saturated heterocycles. The molecule has 0 aliphatic heterocycles. The standard InChI is InChI=1S/C13H11ClN4/c1-2-18-8-9(7-15-18)10-3-4-12-11(16-10)5-6-13(14)17-12/h3-8H,2H2,1H3. The zero-order valence-corrected chi connectivity index (χ0v) is 10.6. The Kier molecular flexibility index (Phi) is 2.72. The molecule has 3 aromatic heterocycles. The Morgan fingerprint density at radius 3 is 2.67 bits per heavy atom. The fourth-order valence-electron chi connectivity index (χ4n) is 1.81. The van der Waals surface area contributed by atoms with Crippen LogP contribution < -0.4 is 0 Å². The Balaban J connectivity index is 2.10. The van der Waals surface area contributed by atoms with E-state index in [2.05, 4.69) is 22.0 Å². The van der Waals surface area contributed by atoms with Crippen molar-refractivity contribution in [2.24, 2.45) is 0 Å². The summed E-state index contributed by atoms with van der Waals surface area (Å²) >= 11 is 5.85. The third kappa shape index (κ3) is 1.95. The SMILES string of the molecule is CCn1cc(-c2ccc3nc(Cl)ccc3n2)cn1. The van der Waals surface area contributed by atoms with Gasteiger partial charge in [-0.05, 0) is 31.2 Å². The number of pyridine rings is 2. The van der Waals surface area contributed by atoms with Crippen LogP contribution in [-0.2, 0) is 6.54 Å². The van der Waals surface area contributed by atoms with Crippen molar-refractivity contribution in [3.8, 4) is 11.3 Å². The lowest BCUT2D eigenvalue weighted by Crippen LogP contribution is -1.92. The lowest BCUT2D eigenvalue weighted by molar-refractivity contribution is 0.660. The monoisotopic (exact) mass is 258 g/mol. The first-order valence-corrected chi connectivity index (χ1v) is 6.10. The van der Waals surface area contributed by atoms with E-state index in [-0.39, 0.29) is 0 Å². The molecule has 0 unspecified atom stereocenters. The van der Waals surface area contributed by atoms with Gasteiger partial charge in [-0.2, -0.15) is 5.10 Å². The van der Waals surface area contributed by atoms with E-state index in [1.807, 2.05) is 35.3 Å². The molecule has 0 N–H and O–H groups in total. The second kappa shape index (κ2) is 4.38. The molecule has 3 heterocycles. The normalized spacial score (nSPS) is 11.0. The largest absolute Gasteiger partial charge is 0.272 e. The summed E-state index contributed by atoms with van der Waals surface area (Å²) < 4.78 is 1.88. The van der Waals surface area contributed by atoms with E-state index in [9.17, 15) is 0 Å². The molecule has 18 heavy (non-hydrogen) atoms. The highest BCUT2D eigenvalue weighted by Crippen LogP contribution is 2.20. The first kappa shape index (κ1) is 11.2. The average Bonchev–Trinajstić information content (AvgIpc) is 2.87. The van der Waals surface area contributed by atoms with Crippen molar-refractivity contribution in [2.45, 2.75) is 13.5 Å². The maximum absolute atomic E-state index is 5.85. The van der Waals surface area contributed by atoms with Gasteiger partial charge < -0.3 is 0 Å². The van der Waals surface area contributed by atoms with Gasteiger partial charge in [0.15, 0.2) is 0 Å². The van der Waals surface area contributed by atoms with Crippen LogP contribution in [0.3, 0.4) is 0 Å². The quantitative estimate of drug-likeness (QED) is 0.663. The predicted octanol–water partition coefficient (Wildman–Crippen LogP) is 3.17. The van der Waals surface area contributed by atoms with Crippen LogP contribution in [0.1, 0.15) is 6.92 Å². The van der Waals surface area contributed by atoms with Crippen LogP contribution >= 0.6 is 11.6 Å².